The molecule has 0 saturated carbocycles. The number of primary amides is 1. The number of hydrogen-bond donors (Lipinski definition) is 2. The summed E-state index contributed by atoms with van der Waals surface area (Å²) in [5.74, 6) is -2.99. The van der Waals surface area contributed by atoms with Crippen molar-refractivity contribution in [2.24, 2.45) is 5.73 Å². The second kappa shape index (κ2) is 5.51. The van der Waals surface area contributed by atoms with Crippen LogP contribution in [-0.4, -0.2) is 30.7 Å². The van der Waals surface area contributed by atoms with Crippen LogP contribution in [0, 0.1) is 6.07 Å². The average Bonchev–Trinajstić information content (AvgIpc) is 2.60. The van der Waals surface area contributed by atoms with Crippen LogP contribution in [0.25, 0.3) is 0 Å². The lowest BCUT2D eigenvalue weighted by molar-refractivity contribution is -0.167. The molecule has 1 aromatic carbocycles. The van der Waals surface area contributed by atoms with Crippen molar-refractivity contribution >= 4 is 17.5 Å². The Kier molecular flexibility index (Phi) is 3.92. The molecule has 1 heterocycles. The van der Waals surface area contributed by atoms with Crippen molar-refractivity contribution in [3.63, 3.8) is 0 Å². The van der Waals surface area contributed by atoms with Crippen molar-refractivity contribution in [2.45, 2.75) is 18.7 Å². The normalized spacial score (nSPS) is 17.8. The van der Waals surface area contributed by atoms with Gasteiger partial charge in [0.25, 0.3) is 5.91 Å². The summed E-state index contributed by atoms with van der Waals surface area (Å²) in [4.78, 5) is 22.1. The van der Waals surface area contributed by atoms with Gasteiger partial charge in [-0.15, -0.1) is 0 Å². The molecule has 1 radical (unpaired) electrons. The van der Waals surface area contributed by atoms with Gasteiger partial charge in [-0.2, -0.15) is 13.2 Å². The number of nitrogens with two attached hydrogens (primary N) is 1. The summed E-state index contributed by atoms with van der Waals surface area (Å²) in [6.07, 6.45) is -5.87. The number of rotatable bonds is 2. The number of fused-ring (bicyclic) bond motifs is 1. The van der Waals surface area contributed by atoms with Crippen molar-refractivity contribution < 1.29 is 32.2 Å². The third kappa shape index (κ3) is 3.36. The molecule has 9 heteroatoms. The van der Waals surface area contributed by atoms with Crippen molar-refractivity contribution in [3.8, 4) is 11.5 Å². The second-order valence-corrected chi connectivity index (χ2v) is 4.16. The van der Waals surface area contributed by atoms with E-state index in [9.17, 15) is 22.8 Å². The fraction of sp³-hybridized carbons (Fsp3) is 0.333. The number of nitrogens with one attached hydrogen (secondary N) is 1. The Bertz CT molecular complexity index is 574. The van der Waals surface area contributed by atoms with Crippen LogP contribution in [0.3, 0.4) is 0 Å². The first kappa shape index (κ1) is 14.9. The highest BCUT2D eigenvalue weighted by molar-refractivity contribution is 5.96. The monoisotopic (exact) mass is 303 g/mol. The fourth-order valence-electron chi connectivity index (χ4n) is 1.67. The lowest BCUT2D eigenvalue weighted by atomic mass is 10.2. The maximum atomic E-state index is 12.3. The predicted octanol–water partition coefficient (Wildman–Crippen LogP) is 1.00. The number of anilines is 1. The number of ether oxygens (including phenoxy) is 2. The molecular formula is C12H10F3N2O4. The number of amides is 2. The maximum absolute atomic E-state index is 12.3. The van der Waals surface area contributed by atoms with Gasteiger partial charge in [0.1, 0.15) is 0 Å². The lowest BCUT2D eigenvalue weighted by Gasteiger charge is -2.15. The fourth-order valence-corrected chi connectivity index (χ4v) is 1.67. The van der Waals surface area contributed by atoms with E-state index >= 15 is 0 Å². The minimum atomic E-state index is -5.04. The molecule has 0 aromatic heterocycles. The number of benzene rings is 1. The highest BCUT2D eigenvalue weighted by Gasteiger charge is 2.39. The summed E-state index contributed by atoms with van der Waals surface area (Å²) in [5.41, 5.74) is 4.87. The third-order valence-electron chi connectivity index (χ3n) is 2.63. The SMILES string of the molecule is NC(=O)C1CCOc2c(NC(=O)C(F)(F)F)c[c]cc2O1. The smallest absolute Gasteiger partial charge is 0.471 e. The van der Waals surface area contributed by atoms with E-state index in [-0.39, 0.29) is 30.2 Å². The van der Waals surface area contributed by atoms with Gasteiger partial charge in [0.05, 0.1) is 12.3 Å². The van der Waals surface area contributed by atoms with Crippen molar-refractivity contribution in [1.82, 2.24) is 0 Å². The molecule has 3 N–H and O–H groups in total. The lowest BCUT2D eigenvalue weighted by Crippen LogP contribution is -2.33. The van der Waals surface area contributed by atoms with E-state index in [0.717, 1.165) is 6.07 Å². The zero-order chi connectivity index (χ0) is 15.6. The Morgan fingerprint density at radius 3 is 2.71 bits per heavy atom. The van der Waals surface area contributed by atoms with Crippen LogP contribution in [0.4, 0.5) is 18.9 Å². The van der Waals surface area contributed by atoms with E-state index < -0.39 is 24.1 Å². The van der Waals surface area contributed by atoms with Crippen molar-refractivity contribution in [3.05, 3.63) is 18.2 Å². The molecule has 6 nitrogen and oxygen atoms in total. The van der Waals surface area contributed by atoms with Gasteiger partial charge in [-0.05, 0) is 18.2 Å². The standard InChI is InChI=1S/C12H10F3N2O4/c13-12(14,15)11(19)17-6-2-1-3-7-9(6)20-5-4-8(21-7)10(16)18/h2-3,8H,4-5H2,(H2,16,18)(H,17,19). The molecule has 1 unspecified atom stereocenters. The van der Waals surface area contributed by atoms with E-state index in [4.69, 9.17) is 15.2 Å². The van der Waals surface area contributed by atoms with Gasteiger partial charge >= 0.3 is 12.1 Å². The van der Waals surface area contributed by atoms with Crippen LogP contribution < -0.4 is 20.5 Å². The number of alkyl halides is 3. The van der Waals surface area contributed by atoms with Gasteiger partial charge in [-0.1, -0.05) is 0 Å². The van der Waals surface area contributed by atoms with Crippen LogP contribution in [-0.2, 0) is 9.59 Å². The Hall–Kier alpha value is -2.45. The van der Waals surface area contributed by atoms with Crippen LogP contribution >= 0.6 is 0 Å². The number of halogens is 3. The molecule has 2 amide bonds. The van der Waals surface area contributed by atoms with E-state index in [0.29, 0.717) is 0 Å². The first-order chi connectivity index (χ1) is 9.79. The molecule has 0 spiro atoms. The molecule has 0 aliphatic carbocycles. The van der Waals surface area contributed by atoms with Gasteiger partial charge in [0.2, 0.25) is 0 Å². The predicted molar refractivity (Wildman–Crippen MR) is 63.7 cm³/mol. The molecule has 1 aliphatic rings. The zero-order valence-electron chi connectivity index (χ0n) is 10.5. The Morgan fingerprint density at radius 1 is 1.38 bits per heavy atom. The second-order valence-electron chi connectivity index (χ2n) is 4.16. The van der Waals surface area contributed by atoms with E-state index in [1.165, 1.54) is 6.07 Å². The summed E-state index contributed by atoms with van der Waals surface area (Å²) in [7, 11) is 0. The van der Waals surface area contributed by atoms with Gasteiger partial charge in [-0.25, -0.2) is 0 Å². The van der Waals surface area contributed by atoms with Crippen LogP contribution in [0.15, 0.2) is 12.1 Å². The summed E-state index contributed by atoms with van der Waals surface area (Å²) in [6.45, 7) is -0.000488. The highest BCUT2D eigenvalue weighted by atomic mass is 19.4. The Labute approximate surface area is 117 Å². The van der Waals surface area contributed by atoms with E-state index in [2.05, 4.69) is 6.07 Å². The number of carbonyl (C=O) groups excluding carboxylic acids is 2. The summed E-state index contributed by atoms with van der Waals surface area (Å²) < 4.78 is 47.3. The van der Waals surface area contributed by atoms with Gasteiger partial charge in [0, 0.05) is 6.42 Å². The first-order valence-corrected chi connectivity index (χ1v) is 5.80. The molecule has 0 bridgehead atoms. The highest BCUT2D eigenvalue weighted by Crippen LogP contribution is 2.38. The third-order valence-corrected chi connectivity index (χ3v) is 2.63. The summed E-state index contributed by atoms with van der Waals surface area (Å²) in [5, 5.41) is 1.67. The van der Waals surface area contributed by atoms with Gasteiger partial charge < -0.3 is 20.5 Å². The molecule has 21 heavy (non-hydrogen) atoms. The van der Waals surface area contributed by atoms with E-state index in [1.54, 1.807) is 5.32 Å². The minimum Gasteiger partial charge on any atom is -0.487 e. The average molecular weight is 303 g/mol. The summed E-state index contributed by atoms with van der Waals surface area (Å²) in [6, 6.07) is 4.88. The Morgan fingerprint density at radius 2 is 2.10 bits per heavy atom. The molecule has 113 valence electrons. The Balaban J connectivity index is 2.29. The van der Waals surface area contributed by atoms with Gasteiger partial charge in [0.15, 0.2) is 17.6 Å². The topological polar surface area (TPSA) is 90.7 Å². The molecule has 0 saturated heterocycles. The van der Waals surface area contributed by atoms with Gasteiger partial charge in [-0.3, -0.25) is 9.59 Å². The van der Waals surface area contributed by atoms with Crippen molar-refractivity contribution in [1.29, 1.82) is 0 Å². The molecular weight excluding hydrogens is 293 g/mol. The molecule has 1 atom stereocenters. The zero-order valence-corrected chi connectivity index (χ0v) is 10.5. The minimum absolute atomic E-state index is 0.000488. The van der Waals surface area contributed by atoms with Crippen LogP contribution in [0.2, 0.25) is 0 Å². The molecule has 2 rings (SSSR count). The largest absolute Gasteiger partial charge is 0.487 e. The first-order valence-electron chi connectivity index (χ1n) is 5.80. The molecule has 1 aliphatic heterocycles. The molecule has 1 aromatic rings. The number of hydrogen-bond acceptors (Lipinski definition) is 4. The van der Waals surface area contributed by atoms with Crippen molar-refractivity contribution in [2.75, 3.05) is 11.9 Å². The maximum Gasteiger partial charge on any atom is 0.471 e. The number of carbonyl (C=O) groups is 2. The quantitative estimate of drug-likeness (QED) is 0.853. The van der Waals surface area contributed by atoms with Crippen LogP contribution in [0.1, 0.15) is 6.42 Å². The van der Waals surface area contributed by atoms with Crippen LogP contribution in [0.5, 0.6) is 11.5 Å². The summed E-state index contributed by atoms with van der Waals surface area (Å²) >= 11 is 0. The van der Waals surface area contributed by atoms with E-state index in [1.807, 2.05) is 0 Å². The molecule has 0 fully saturated rings.